The predicted molar refractivity (Wildman–Crippen MR) is 127 cm³/mol. The quantitative estimate of drug-likeness (QED) is 0.517. The van der Waals surface area contributed by atoms with E-state index in [0.717, 1.165) is 48.2 Å². The summed E-state index contributed by atoms with van der Waals surface area (Å²) in [4.78, 5) is 4.37. The summed E-state index contributed by atoms with van der Waals surface area (Å²) in [6.45, 7) is 3.70. The highest BCUT2D eigenvalue weighted by Crippen LogP contribution is 2.31. The molecule has 29 heavy (non-hydrogen) atoms. The highest BCUT2D eigenvalue weighted by Gasteiger charge is 2.16. The van der Waals surface area contributed by atoms with Crippen LogP contribution >= 0.6 is 24.8 Å². The molecule has 0 N–H and O–H groups in total. The highest BCUT2D eigenvalue weighted by molar-refractivity contribution is 5.96. The van der Waals surface area contributed by atoms with E-state index in [1.807, 2.05) is 24.3 Å². The summed E-state index contributed by atoms with van der Waals surface area (Å²) in [7, 11) is 8.34. The fourth-order valence-electron chi connectivity index (χ4n) is 3.23. The van der Waals surface area contributed by atoms with Crippen LogP contribution < -0.4 is 5.01 Å². The first-order valence-corrected chi connectivity index (χ1v) is 9.36. The van der Waals surface area contributed by atoms with Gasteiger partial charge in [-0.2, -0.15) is 0 Å². The monoisotopic (exact) mass is 440 g/mol. The van der Waals surface area contributed by atoms with Gasteiger partial charge in [-0.15, -0.1) is 24.8 Å². The molecular weight excluding hydrogens is 410 g/mol. The molecule has 0 saturated heterocycles. The van der Waals surface area contributed by atoms with E-state index in [1.165, 1.54) is 0 Å². The molecule has 0 fully saturated rings. The summed E-state index contributed by atoms with van der Waals surface area (Å²) in [5.41, 5.74) is 3.20. The zero-order valence-electron chi connectivity index (χ0n) is 17.5. The maximum Gasteiger partial charge on any atom is 0.123 e. The molecule has 3 aromatic rings. The molecule has 3 rings (SSSR count). The first-order valence-electron chi connectivity index (χ1n) is 9.36. The molecule has 0 bridgehead atoms. The first-order chi connectivity index (χ1) is 13.0. The van der Waals surface area contributed by atoms with Gasteiger partial charge in [0.15, 0.2) is 0 Å². The Kier molecular flexibility index (Phi) is 9.93. The third kappa shape index (κ3) is 6.34. The Morgan fingerprint density at radius 3 is 1.93 bits per heavy atom. The van der Waals surface area contributed by atoms with Crippen LogP contribution in [-0.4, -0.2) is 68.8 Å². The van der Waals surface area contributed by atoms with E-state index >= 15 is 0 Å². The van der Waals surface area contributed by atoms with E-state index in [9.17, 15) is 4.39 Å². The molecule has 1 aromatic heterocycles. The predicted octanol–water partition coefficient (Wildman–Crippen LogP) is 4.35. The van der Waals surface area contributed by atoms with Gasteiger partial charge in [0, 0.05) is 43.3 Å². The average molecular weight is 441 g/mol. The van der Waals surface area contributed by atoms with Crippen molar-refractivity contribution in [2.75, 3.05) is 59.4 Å². The largest absolute Gasteiger partial charge is 0.310 e. The second kappa shape index (κ2) is 11.4. The topological polar surface area (TPSA) is 14.7 Å². The first kappa shape index (κ1) is 25.2. The molecule has 2 aromatic carbocycles. The van der Waals surface area contributed by atoms with E-state index in [4.69, 9.17) is 0 Å². The number of hydrogen-bond acceptors (Lipinski definition) is 3. The van der Waals surface area contributed by atoms with Gasteiger partial charge in [-0.05, 0) is 52.0 Å². The Hall–Kier alpha value is -1.79. The SMILES string of the molecule is CN(C)CCN(CCN(C)C)n1cc(-c2ccccc2)c2cc(F)ccc21.Cl.Cl. The lowest BCUT2D eigenvalue weighted by atomic mass is 10.1. The zero-order valence-corrected chi connectivity index (χ0v) is 19.1. The van der Waals surface area contributed by atoms with Crippen LogP contribution in [0.25, 0.3) is 22.0 Å². The summed E-state index contributed by atoms with van der Waals surface area (Å²) in [6.07, 6.45) is 2.14. The Morgan fingerprint density at radius 2 is 1.38 bits per heavy atom. The number of rotatable bonds is 8. The molecule has 0 saturated carbocycles. The lowest BCUT2D eigenvalue weighted by Crippen LogP contribution is -2.43. The molecule has 7 heteroatoms. The fraction of sp³-hybridized carbons (Fsp3) is 0.364. The zero-order chi connectivity index (χ0) is 19.4. The van der Waals surface area contributed by atoms with Crippen molar-refractivity contribution >= 4 is 35.7 Å². The van der Waals surface area contributed by atoms with Crippen molar-refractivity contribution in [1.82, 2.24) is 14.5 Å². The number of hydrogen-bond donors (Lipinski definition) is 0. The van der Waals surface area contributed by atoms with Gasteiger partial charge in [0.05, 0.1) is 5.52 Å². The number of fused-ring (bicyclic) bond motifs is 1. The summed E-state index contributed by atoms with van der Waals surface area (Å²) in [5, 5.41) is 3.29. The van der Waals surface area contributed by atoms with Crippen LogP contribution in [0.15, 0.2) is 54.7 Å². The molecule has 0 radical (unpaired) electrons. The van der Waals surface area contributed by atoms with Crippen molar-refractivity contribution in [3.8, 4) is 11.1 Å². The molecule has 4 nitrogen and oxygen atoms in total. The van der Waals surface area contributed by atoms with Gasteiger partial charge in [0.2, 0.25) is 0 Å². The van der Waals surface area contributed by atoms with Crippen molar-refractivity contribution in [2.45, 2.75) is 0 Å². The molecule has 1 heterocycles. The van der Waals surface area contributed by atoms with Crippen LogP contribution in [0.2, 0.25) is 0 Å². The van der Waals surface area contributed by atoms with E-state index in [1.54, 1.807) is 12.1 Å². The Morgan fingerprint density at radius 1 is 0.793 bits per heavy atom. The minimum Gasteiger partial charge on any atom is -0.310 e. The van der Waals surface area contributed by atoms with Crippen LogP contribution in [0, 0.1) is 5.82 Å². The molecule has 0 aliphatic rings. The Bertz CT molecular complexity index is 869. The van der Waals surface area contributed by atoms with Crippen LogP contribution in [0.1, 0.15) is 0 Å². The Labute approximate surface area is 185 Å². The van der Waals surface area contributed by atoms with Crippen molar-refractivity contribution < 1.29 is 4.39 Å². The van der Waals surface area contributed by atoms with Crippen molar-refractivity contribution in [3.63, 3.8) is 0 Å². The molecule has 0 spiro atoms. The molecule has 0 aliphatic carbocycles. The minimum atomic E-state index is -0.203. The van der Waals surface area contributed by atoms with E-state index in [-0.39, 0.29) is 30.6 Å². The number of aromatic nitrogens is 1. The molecule has 160 valence electrons. The molecule has 0 aliphatic heterocycles. The summed E-state index contributed by atoms with van der Waals surface area (Å²) < 4.78 is 16.2. The number of likely N-dealkylation sites (N-methyl/N-ethyl adjacent to an activating group) is 2. The molecule has 0 atom stereocenters. The highest BCUT2D eigenvalue weighted by atomic mass is 35.5. The third-order valence-corrected chi connectivity index (χ3v) is 4.75. The van der Waals surface area contributed by atoms with Gasteiger partial charge in [-0.3, -0.25) is 4.68 Å². The summed E-state index contributed by atoms with van der Waals surface area (Å²) in [5.74, 6) is -0.203. The number of halogens is 3. The lowest BCUT2D eigenvalue weighted by molar-refractivity contribution is 0.368. The van der Waals surface area contributed by atoms with E-state index in [0.29, 0.717) is 0 Å². The van der Waals surface area contributed by atoms with Crippen molar-refractivity contribution in [3.05, 3.63) is 60.5 Å². The summed E-state index contributed by atoms with van der Waals surface area (Å²) >= 11 is 0. The lowest BCUT2D eigenvalue weighted by Gasteiger charge is -2.29. The second-order valence-electron chi connectivity index (χ2n) is 7.48. The van der Waals surface area contributed by atoms with E-state index < -0.39 is 0 Å². The van der Waals surface area contributed by atoms with Gasteiger partial charge >= 0.3 is 0 Å². The van der Waals surface area contributed by atoms with Crippen LogP contribution in [0.3, 0.4) is 0 Å². The van der Waals surface area contributed by atoms with Gasteiger partial charge in [-0.1, -0.05) is 30.3 Å². The molecule has 0 amide bonds. The standard InChI is InChI=1S/C22H29FN4.2ClH/c1-24(2)12-14-26(15-13-25(3)4)27-17-21(18-8-6-5-7-9-18)20-16-19(23)10-11-22(20)27;;/h5-11,16-17H,12-15H2,1-4H3;2*1H. The maximum atomic E-state index is 14.0. The van der Waals surface area contributed by atoms with E-state index in [2.05, 4.69) is 66.0 Å². The summed E-state index contributed by atoms with van der Waals surface area (Å²) in [6, 6.07) is 15.3. The molecule has 0 unspecified atom stereocenters. The Balaban J connectivity index is 0.00000210. The smallest absolute Gasteiger partial charge is 0.123 e. The number of benzene rings is 2. The normalized spacial score (nSPS) is 10.9. The third-order valence-electron chi connectivity index (χ3n) is 4.75. The fourth-order valence-corrected chi connectivity index (χ4v) is 3.23. The van der Waals surface area contributed by atoms with Crippen molar-refractivity contribution in [2.24, 2.45) is 0 Å². The van der Waals surface area contributed by atoms with Gasteiger partial charge < -0.3 is 14.8 Å². The van der Waals surface area contributed by atoms with Crippen LogP contribution in [0.5, 0.6) is 0 Å². The average Bonchev–Trinajstić information content (AvgIpc) is 3.00. The van der Waals surface area contributed by atoms with Crippen molar-refractivity contribution in [1.29, 1.82) is 0 Å². The minimum absolute atomic E-state index is 0. The van der Waals surface area contributed by atoms with Gasteiger partial charge in [-0.25, -0.2) is 4.39 Å². The molecular formula is C22H31Cl2FN4. The van der Waals surface area contributed by atoms with Gasteiger partial charge in [0.1, 0.15) is 5.82 Å². The maximum absolute atomic E-state index is 14.0. The van der Waals surface area contributed by atoms with Gasteiger partial charge in [0.25, 0.3) is 0 Å². The number of nitrogens with zero attached hydrogens (tertiary/aromatic N) is 4. The van der Waals surface area contributed by atoms with Crippen LogP contribution in [-0.2, 0) is 0 Å². The second-order valence-corrected chi connectivity index (χ2v) is 7.48. The van der Waals surface area contributed by atoms with Crippen LogP contribution in [0.4, 0.5) is 4.39 Å².